The van der Waals surface area contributed by atoms with Crippen LogP contribution < -0.4 is 10.6 Å². The van der Waals surface area contributed by atoms with Gasteiger partial charge in [0.05, 0.1) is 24.0 Å². The van der Waals surface area contributed by atoms with Gasteiger partial charge < -0.3 is 10.6 Å². The van der Waals surface area contributed by atoms with Crippen LogP contribution >= 0.6 is 0 Å². The van der Waals surface area contributed by atoms with Crippen LogP contribution in [-0.4, -0.2) is 24.5 Å². The molecule has 2 aromatic rings. The number of pyridine rings is 1. The summed E-state index contributed by atoms with van der Waals surface area (Å²) in [4.78, 5) is 17.7. The van der Waals surface area contributed by atoms with E-state index in [2.05, 4.69) is 16.8 Å². The number of carbonyl (C=O) groups is 1. The molecule has 1 amide bonds. The average Bonchev–Trinajstić information content (AvgIpc) is 2.53. The summed E-state index contributed by atoms with van der Waals surface area (Å²) in [6.07, 6.45) is 3.14. The molecule has 4 nitrogen and oxygen atoms in total. The fourth-order valence-electron chi connectivity index (χ4n) is 1.77. The van der Waals surface area contributed by atoms with Gasteiger partial charge in [0.1, 0.15) is 5.82 Å². The summed E-state index contributed by atoms with van der Waals surface area (Å²) in [6.45, 7) is 0.205. The van der Waals surface area contributed by atoms with Crippen molar-refractivity contribution in [3.8, 4) is 11.8 Å². The third-order valence-corrected chi connectivity index (χ3v) is 2.87. The third-order valence-electron chi connectivity index (χ3n) is 2.87. The molecule has 106 valence electrons. The highest BCUT2D eigenvalue weighted by molar-refractivity contribution is 6.06. The molecule has 0 unspecified atom stereocenters. The molecule has 0 aliphatic carbocycles. The minimum absolute atomic E-state index is 0.0369. The van der Waals surface area contributed by atoms with Crippen LogP contribution in [0.2, 0.25) is 0 Å². The van der Waals surface area contributed by atoms with Gasteiger partial charge in [0.2, 0.25) is 0 Å². The lowest BCUT2D eigenvalue weighted by molar-refractivity contribution is 0.0989. The predicted octanol–water partition coefficient (Wildman–Crippen LogP) is 1.81. The second-order valence-corrected chi connectivity index (χ2v) is 4.28. The van der Waals surface area contributed by atoms with Crippen molar-refractivity contribution in [3.63, 3.8) is 0 Å². The quantitative estimate of drug-likeness (QED) is 0.855. The lowest BCUT2D eigenvalue weighted by Crippen LogP contribution is -2.27. The molecular weight excluding hydrogens is 269 g/mol. The van der Waals surface area contributed by atoms with Crippen molar-refractivity contribution in [2.45, 2.75) is 0 Å². The van der Waals surface area contributed by atoms with E-state index < -0.39 is 11.7 Å². The van der Waals surface area contributed by atoms with Gasteiger partial charge in [0.15, 0.2) is 0 Å². The molecule has 0 spiro atoms. The molecule has 0 saturated heterocycles. The van der Waals surface area contributed by atoms with Crippen LogP contribution in [0.25, 0.3) is 0 Å². The number of nitrogens with two attached hydrogens (primary N) is 1. The van der Waals surface area contributed by atoms with Gasteiger partial charge in [-0.3, -0.25) is 9.78 Å². The van der Waals surface area contributed by atoms with E-state index in [1.54, 1.807) is 25.4 Å². The topological polar surface area (TPSA) is 59.2 Å². The number of hydrogen-bond acceptors (Lipinski definition) is 3. The number of aromatic nitrogens is 1. The zero-order valence-corrected chi connectivity index (χ0v) is 11.5. The Hall–Kier alpha value is -2.71. The zero-order chi connectivity index (χ0) is 15.2. The first-order valence-electron chi connectivity index (χ1n) is 6.30. The van der Waals surface area contributed by atoms with Crippen molar-refractivity contribution in [1.82, 2.24) is 4.98 Å². The van der Waals surface area contributed by atoms with Crippen LogP contribution in [0.4, 0.5) is 10.1 Å². The molecule has 1 aromatic heterocycles. The second kappa shape index (κ2) is 6.64. The summed E-state index contributed by atoms with van der Waals surface area (Å²) < 4.78 is 13.9. The number of halogens is 1. The first-order valence-corrected chi connectivity index (χ1v) is 6.30. The second-order valence-electron chi connectivity index (χ2n) is 4.28. The van der Waals surface area contributed by atoms with Crippen molar-refractivity contribution < 1.29 is 9.18 Å². The standard InChI is InChI=1S/C16H14FN3O/c1-20(13-5-3-9-19-11-13)16(21)14-10-12(4-2-8-18)6-7-15(14)17/h3,5-7,9-11H,8,18H2,1H3. The summed E-state index contributed by atoms with van der Waals surface area (Å²) in [5.41, 5.74) is 6.39. The van der Waals surface area contributed by atoms with Gasteiger partial charge in [-0.25, -0.2) is 4.39 Å². The number of anilines is 1. The highest BCUT2D eigenvalue weighted by Gasteiger charge is 2.17. The van der Waals surface area contributed by atoms with Crippen molar-refractivity contribution >= 4 is 11.6 Å². The minimum atomic E-state index is -0.589. The molecule has 0 aliphatic heterocycles. The third kappa shape index (κ3) is 3.44. The maximum absolute atomic E-state index is 13.9. The summed E-state index contributed by atoms with van der Waals surface area (Å²) >= 11 is 0. The highest BCUT2D eigenvalue weighted by atomic mass is 19.1. The SMILES string of the molecule is CN(C(=O)c1cc(C#CCN)ccc1F)c1cccnc1. The van der Waals surface area contributed by atoms with Crippen LogP contribution in [-0.2, 0) is 0 Å². The number of nitrogens with zero attached hydrogens (tertiary/aromatic N) is 2. The molecule has 0 saturated carbocycles. The Bertz CT molecular complexity index is 704. The van der Waals surface area contributed by atoms with E-state index >= 15 is 0 Å². The van der Waals surface area contributed by atoms with Crippen molar-refractivity contribution in [3.05, 3.63) is 59.7 Å². The van der Waals surface area contributed by atoms with E-state index in [0.29, 0.717) is 11.3 Å². The van der Waals surface area contributed by atoms with Crippen molar-refractivity contribution in [1.29, 1.82) is 0 Å². The Labute approximate surface area is 122 Å². The van der Waals surface area contributed by atoms with E-state index in [1.165, 1.54) is 29.3 Å². The summed E-state index contributed by atoms with van der Waals surface area (Å²) in [7, 11) is 1.57. The van der Waals surface area contributed by atoms with E-state index in [4.69, 9.17) is 5.73 Å². The molecule has 0 radical (unpaired) electrons. The largest absolute Gasteiger partial charge is 0.320 e. The Balaban J connectivity index is 2.34. The van der Waals surface area contributed by atoms with Crippen LogP contribution in [0.5, 0.6) is 0 Å². The average molecular weight is 283 g/mol. The summed E-state index contributed by atoms with van der Waals surface area (Å²) in [5.74, 6) is 4.40. The molecule has 1 aromatic carbocycles. The fourth-order valence-corrected chi connectivity index (χ4v) is 1.77. The summed E-state index contributed by atoms with van der Waals surface area (Å²) in [6, 6.07) is 7.59. The van der Waals surface area contributed by atoms with Gasteiger partial charge >= 0.3 is 0 Å². The molecule has 2 N–H and O–H groups in total. The van der Waals surface area contributed by atoms with Crippen molar-refractivity contribution in [2.75, 3.05) is 18.5 Å². The monoisotopic (exact) mass is 283 g/mol. The van der Waals surface area contributed by atoms with E-state index in [9.17, 15) is 9.18 Å². The van der Waals surface area contributed by atoms with Crippen molar-refractivity contribution in [2.24, 2.45) is 5.73 Å². The molecule has 5 heteroatoms. The van der Waals surface area contributed by atoms with Crippen LogP contribution in [0.1, 0.15) is 15.9 Å². The lowest BCUT2D eigenvalue weighted by Gasteiger charge is -2.17. The number of benzene rings is 1. The van der Waals surface area contributed by atoms with Crippen LogP contribution in [0, 0.1) is 17.7 Å². The first kappa shape index (κ1) is 14.7. The minimum Gasteiger partial charge on any atom is -0.320 e. The molecule has 1 heterocycles. The molecular formula is C16H14FN3O. The Morgan fingerprint density at radius 1 is 1.43 bits per heavy atom. The maximum Gasteiger partial charge on any atom is 0.261 e. The normalized spacial score (nSPS) is 9.67. The van der Waals surface area contributed by atoms with Gasteiger partial charge in [0, 0.05) is 18.8 Å². The smallest absolute Gasteiger partial charge is 0.261 e. The van der Waals surface area contributed by atoms with Gasteiger partial charge in [-0.2, -0.15) is 0 Å². The van der Waals surface area contributed by atoms with Crippen LogP contribution in [0.3, 0.4) is 0 Å². The molecule has 0 bridgehead atoms. The molecule has 21 heavy (non-hydrogen) atoms. The fraction of sp³-hybridized carbons (Fsp3) is 0.125. The molecule has 0 fully saturated rings. The van der Waals surface area contributed by atoms with Gasteiger partial charge in [-0.15, -0.1) is 0 Å². The lowest BCUT2D eigenvalue weighted by atomic mass is 10.1. The first-order chi connectivity index (χ1) is 10.1. The molecule has 0 atom stereocenters. The van der Waals surface area contributed by atoms with Gasteiger partial charge in [-0.05, 0) is 30.3 Å². The van der Waals surface area contributed by atoms with Gasteiger partial charge in [-0.1, -0.05) is 11.8 Å². The Morgan fingerprint density at radius 2 is 2.24 bits per heavy atom. The van der Waals surface area contributed by atoms with E-state index in [-0.39, 0.29) is 12.1 Å². The van der Waals surface area contributed by atoms with Crippen LogP contribution in [0.15, 0.2) is 42.7 Å². The number of amides is 1. The van der Waals surface area contributed by atoms with E-state index in [1.807, 2.05) is 0 Å². The summed E-state index contributed by atoms with van der Waals surface area (Å²) in [5, 5.41) is 0. The zero-order valence-electron chi connectivity index (χ0n) is 11.5. The van der Waals surface area contributed by atoms with Gasteiger partial charge in [0.25, 0.3) is 5.91 Å². The van der Waals surface area contributed by atoms with E-state index in [0.717, 1.165) is 0 Å². The highest BCUT2D eigenvalue weighted by Crippen LogP contribution is 2.17. The molecule has 0 aliphatic rings. The number of rotatable bonds is 2. The predicted molar refractivity (Wildman–Crippen MR) is 79.3 cm³/mol. The number of hydrogen-bond donors (Lipinski definition) is 1. The Morgan fingerprint density at radius 3 is 2.90 bits per heavy atom. The maximum atomic E-state index is 13.9. The Kier molecular flexibility index (Phi) is 4.64. The number of carbonyl (C=O) groups excluding carboxylic acids is 1. The molecule has 2 rings (SSSR count).